The first kappa shape index (κ1) is 18.7. The molecule has 5 heteroatoms. The Hall–Kier alpha value is -1.26. The van der Waals surface area contributed by atoms with Gasteiger partial charge in [-0.2, -0.15) is 0 Å². The first-order valence-electron chi connectivity index (χ1n) is 6.72. The van der Waals surface area contributed by atoms with Gasteiger partial charge in [0.05, 0.1) is 7.11 Å². The van der Waals surface area contributed by atoms with Gasteiger partial charge in [-0.1, -0.05) is 19.1 Å². The van der Waals surface area contributed by atoms with Crippen molar-refractivity contribution in [1.29, 1.82) is 0 Å². The number of methoxy groups -OCH3 is 1. The average molecular weight is 302 g/mol. The number of carboxylic acid groups (broad SMARTS) is 1. The first-order chi connectivity index (χ1) is 9.15. The number of aliphatic carboxylic acids is 1. The van der Waals surface area contributed by atoms with Crippen LogP contribution in [0.5, 0.6) is 5.75 Å². The molecule has 1 N–H and O–H groups in total. The highest BCUT2D eigenvalue weighted by atomic mass is 35.5. The predicted molar refractivity (Wildman–Crippen MR) is 82.7 cm³/mol. The summed E-state index contributed by atoms with van der Waals surface area (Å²) in [6.07, 6.45) is 1.94. The number of nitrogens with zero attached hydrogens (tertiary/aromatic N) is 1. The molecule has 0 radical (unpaired) electrons. The number of hydrogen-bond donors (Lipinski definition) is 1. The molecule has 1 rings (SSSR count). The van der Waals surface area contributed by atoms with Crippen molar-refractivity contribution in [2.24, 2.45) is 0 Å². The zero-order valence-electron chi connectivity index (χ0n) is 12.2. The number of carboxylic acids is 1. The van der Waals surface area contributed by atoms with Gasteiger partial charge in [0.25, 0.3) is 0 Å². The second-order valence-corrected chi connectivity index (χ2v) is 4.57. The number of hydrogen-bond acceptors (Lipinski definition) is 3. The third-order valence-corrected chi connectivity index (χ3v) is 3.13. The molecule has 1 aromatic carbocycles. The van der Waals surface area contributed by atoms with E-state index in [1.807, 2.05) is 12.1 Å². The Morgan fingerprint density at radius 1 is 1.25 bits per heavy atom. The van der Waals surface area contributed by atoms with Gasteiger partial charge in [0.15, 0.2) is 0 Å². The topological polar surface area (TPSA) is 49.8 Å². The van der Waals surface area contributed by atoms with Crippen LogP contribution in [0.1, 0.15) is 31.7 Å². The molecule has 0 aromatic heterocycles. The first-order valence-corrected chi connectivity index (χ1v) is 6.72. The van der Waals surface area contributed by atoms with E-state index in [0.29, 0.717) is 0 Å². The lowest BCUT2D eigenvalue weighted by molar-refractivity contribution is -0.137. The summed E-state index contributed by atoms with van der Waals surface area (Å²) in [6, 6.07) is 8.07. The largest absolute Gasteiger partial charge is 0.497 e. The molecule has 114 valence electrons. The summed E-state index contributed by atoms with van der Waals surface area (Å²) in [7, 11) is 1.66. The molecule has 0 heterocycles. The third kappa shape index (κ3) is 7.36. The van der Waals surface area contributed by atoms with Crippen molar-refractivity contribution < 1.29 is 14.6 Å². The smallest absolute Gasteiger partial charge is 0.303 e. The maximum atomic E-state index is 10.4. The van der Waals surface area contributed by atoms with Crippen molar-refractivity contribution in [3.05, 3.63) is 29.8 Å². The predicted octanol–water partition coefficient (Wildman–Crippen LogP) is 3.19. The lowest BCUT2D eigenvalue weighted by atomic mass is 10.2. The van der Waals surface area contributed by atoms with Crippen LogP contribution in [0.4, 0.5) is 0 Å². The van der Waals surface area contributed by atoms with Gasteiger partial charge in [0.1, 0.15) is 5.75 Å². The van der Waals surface area contributed by atoms with Gasteiger partial charge in [-0.05, 0) is 43.6 Å². The van der Waals surface area contributed by atoms with E-state index >= 15 is 0 Å². The average Bonchev–Trinajstić information content (AvgIpc) is 2.42. The molecule has 0 atom stereocenters. The molecule has 0 unspecified atom stereocenters. The Morgan fingerprint density at radius 2 is 1.90 bits per heavy atom. The SMILES string of the molecule is CCN(CCCCC(=O)O)Cc1ccc(OC)cc1.Cl. The van der Waals surface area contributed by atoms with Crippen LogP contribution in [-0.2, 0) is 11.3 Å². The van der Waals surface area contributed by atoms with Gasteiger partial charge in [0, 0.05) is 13.0 Å². The van der Waals surface area contributed by atoms with Crippen LogP contribution in [0.3, 0.4) is 0 Å². The molecule has 0 amide bonds. The molecule has 0 aliphatic rings. The molecule has 4 nitrogen and oxygen atoms in total. The van der Waals surface area contributed by atoms with E-state index in [4.69, 9.17) is 9.84 Å². The van der Waals surface area contributed by atoms with Crippen LogP contribution in [0.25, 0.3) is 0 Å². The molecule has 0 aliphatic heterocycles. The molecule has 0 saturated carbocycles. The third-order valence-electron chi connectivity index (χ3n) is 3.13. The van der Waals surface area contributed by atoms with Crippen molar-refractivity contribution >= 4 is 18.4 Å². The highest BCUT2D eigenvalue weighted by Gasteiger charge is 2.05. The minimum atomic E-state index is -0.710. The summed E-state index contributed by atoms with van der Waals surface area (Å²) in [5.74, 6) is 0.159. The maximum absolute atomic E-state index is 10.4. The maximum Gasteiger partial charge on any atom is 0.303 e. The molecule has 0 saturated heterocycles. The van der Waals surface area contributed by atoms with Crippen LogP contribution >= 0.6 is 12.4 Å². The monoisotopic (exact) mass is 301 g/mol. The summed E-state index contributed by atoms with van der Waals surface area (Å²) in [4.78, 5) is 12.8. The Kier molecular flexibility index (Phi) is 9.86. The van der Waals surface area contributed by atoms with E-state index in [1.54, 1.807) is 7.11 Å². The van der Waals surface area contributed by atoms with Gasteiger partial charge in [-0.15, -0.1) is 12.4 Å². The molecule has 0 fully saturated rings. The van der Waals surface area contributed by atoms with Crippen LogP contribution in [0.2, 0.25) is 0 Å². The highest BCUT2D eigenvalue weighted by molar-refractivity contribution is 5.85. The van der Waals surface area contributed by atoms with Crippen molar-refractivity contribution in [2.75, 3.05) is 20.2 Å². The van der Waals surface area contributed by atoms with Gasteiger partial charge in [0.2, 0.25) is 0 Å². The Bertz CT molecular complexity index is 381. The second-order valence-electron chi connectivity index (χ2n) is 4.57. The summed E-state index contributed by atoms with van der Waals surface area (Å²) >= 11 is 0. The standard InChI is InChI=1S/C15H23NO3.ClH/c1-3-16(11-5-4-6-15(17)18)12-13-7-9-14(19-2)10-8-13;/h7-10H,3-6,11-12H2,1-2H3,(H,17,18);1H. The van der Waals surface area contributed by atoms with Crippen LogP contribution in [0.15, 0.2) is 24.3 Å². The summed E-state index contributed by atoms with van der Waals surface area (Å²) in [5.41, 5.74) is 1.25. The van der Waals surface area contributed by atoms with Crippen LogP contribution < -0.4 is 4.74 Å². The fourth-order valence-electron chi connectivity index (χ4n) is 1.95. The fraction of sp³-hybridized carbons (Fsp3) is 0.533. The number of unbranched alkanes of at least 4 members (excludes halogenated alkanes) is 1. The minimum absolute atomic E-state index is 0. The van der Waals surface area contributed by atoms with E-state index in [2.05, 4.69) is 24.0 Å². The fourth-order valence-corrected chi connectivity index (χ4v) is 1.95. The van der Waals surface area contributed by atoms with Gasteiger partial charge >= 0.3 is 5.97 Å². The van der Waals surface area contributed by atoms with Gasteiger partial charge < -0.3 is 9.84 Å². The van der Waals surface area contributed by atoms with Crippen molar-refractivity contribution in [2.45, 2.75) is 32.7 Å². The quantitative estimate of drug-likeness (QED) is 0.712. The van der Waals surface area contributed by atoms with Gasteiger partial charge in [-0.3, -0.25) is 9.69 Å². The van der Waals surface area contributed by atoms with Crippen LogP contribution in [-0.4, -0.2) is 36.2 Å². The van der Waals surface area contributed by atoms with E-state index in [9.17, 15) is 4.79 Å². The van der Waals surface area contributed by atoms with Gasteiger partial charge in [-0.25, -0.2) is 0 Å². The van der Waals surface area contributed by atoms with Crippen molar-refractivity contribution in [1.82, 2.24) is 4.90 Å². The molecular formula is C15H24ClNO3. The van der Waals surface area contributed by atoms with E-state index in [-0.39, 0.29) is 18.8 Å². The number of rotatable bonds is 9. The number of halogens is 1. The number of benzene rings is 1. The minimum Gasteiger partial charge on any atom is -0.497 e. The summed E-state index contributed by atoms with van der Waals surface area (Å²) < 4.78 is 5.13. The molecule has 0 spiro atoms. The zero-order valence-corrected chi connectivity index (χ0v) is 13.0. The second kappa shape index (κ2) is 10.5. The number of carbonyl (C=O) groups is 1. The number of ether oxygens (including phenoxy) is 1. The van der Waals surface area contributed by atoms with Crippen molar-refractivity contribution in [3.8, 4) is 5.75 Å². The normalized spacial score (nSPS) is 10.2. The highest BCUT2D eigenvalue weighted by Crippen LogP contribution is 2.13. The Labute approximate surface area is 127 Å². The van der Waals surface area contributed by atoms with Crippen LogP contribution in [0, 0.1) is 0 Å². The molecule has 0 bridgehead atoms. The summed E-state index contributed by atoms with van der Waals surface area (Å²) in [6.45, 7) is 4.93. The zero-order chi connectivity index (χ0) is 14.1. The van der Waals surface area contributed by atoms with Crippen molar-refractivity contribution in [3.63, 3.8) is 0 Å². The molecule has 1 aromatic rings. The van der Waals surface area contributed by atoms with E-state index in [0.717, 1.165) is 38.2 Å². The summed E-state index contributed by atoms with van der Waals surface area (Å²) in [5, 5.41) is 8.60. The Morgan fingerprint density at radius 3 is 2.40 bits per heavy atom. The molecule has 20 heavy (non-hydrogen) atoms. The lowest BCUT2D eigenvalue weighted by Crippen LogP contribution is -2.24. The lowest BCUT2D eigenvalue weighted by Gasteiger charge is -2.20. The molecular weight excluding hydrogens is 278 g/mol. The molecule has 0 aliphatic carbocycles. The Balaban J connectivity index is 0.00000361. The van der Waals surface area contributed by atoms with E-state index < -0.39 is 5.97 Å². The van der Waals surface area contributed by atoms with E-state index in [1.165, 1.54) is 5.56 Å².